The summed E-state index contributed by atoms with van der Waals surface area (Å²) in [7, 11) is 2.00. The molecule has 0 unspecified atom stereocenters. The number of nitrogens with zero attached hydrogens (tertiary/aromatic N) is 1. The van der Waals surface area contributed by atoms with E-state index in [9.17, 15) is 4.79 Å². The third kappa shape index (κ3) is 4.89. The number of rotatable bonds is 5. The zero-order valence-electron chi connectivity index (χ0n) is 11.9. The molecule has 0 spiro atoms. The Hall–Kier alpha value is -0.910. The van der Waals surface area contributed by atoms with Crippen molar-refractivity contribution < 1.29 is 4.79 Å². The summed E-state index contributed by atoms with van der Waals surface area (Å²) < 4.78 is 0.975. The van der Waals surface area contributed by atoms with Crippen LogP contribution in [0.3, 0.4) is 0 Å². The highest BCUT2D eigenvalue weighted by molar-refractivity contribution is 9.10. The molecule has 0 aromatic heterocycles. The van der Waals surface area contributed by atoms with Gasteiger partial charge in [0.1, 0.15) is 0 Å². The molecule has 1 aliphatic heterocycles. The monoisotopic (exact) mass is 339 g/mol. The van der Waals surface area contributed by atoms with Crippen LogP contribution in [0, 0.1) is 5.92 Å². The van der Waals surface area contributed by atoms with Gasteiger partial charge in [-0.3, -0.25) is 9.69 Å². The number of hydrogen-bond donors (Lipinski definition) is 2. The Balaban J connectivity index is 1.75. The molecule has 1 aromatic carbocycles. The molecule has 1 heterocycles. The normalized spacial score (nSPS) is 17.1. The van der Waals surface area contributed by atoms with Crippen LogP contribution >= 0.6 is 15.9 Å². The maximum absolute atomic E-state index is 12.0. The first-order valence-electron chi connectivity index (χ1n) is 7.10. The van der Waals surface area contributed by atoms with Gasteiger partial charge in [-0.1, -0.05) is 22.0 Å². The van der Waals surface area contributed by atoms with Gasteiger partial charge >= 0.3 is 0 Å². The largest absolute Gasteiger partial charge is 0.325 e. The lowest BCUT2D eigenvalue weighted by molar-refractivity contribution is -0.117. The molecule has 0 aliphatic carbocycles. The van der Waals surface area contributed by atoms with E-state index in [-0.39, 0.29) is 5.91 Å². The summed E-state index contributed by atoms with van der Waals surface area (Å²) in [6, 6.07) is 7.68. The fourth-order valence-corrected chi connectivity index (χ4v) is 3.01. The topological polar surface area (TPSA) is 44.4 Å². The van der Waals surface area contributed by atoms with Crippen molar-refractivity contribution in [3.05, 3.63) is 28.7 Å². The lowest BCUT2D eigenvalue weighted by atomic mass is 9.97. The third-order valence-electron chi connectivity index (χ3n) is 3.68. The SMILES string of the molecule is CNCC1CCN(CC(=O)Nc2cccc(Br)c2)CC1. The highest BCUT2D eigenvalue weighted by Crippen LogP contribution is 2.17. The van der Waals surface area contributed by atoms with Gasteiger partial charge < -0.3 is 10.6 Å². The number of amides is 1. The molecular weight excluding hydrogens is 318 g/mol. The minimum Gasteiger partial charge on any atom is -0.325 e. The number of hydrogen-bond acceptors (Lipinski definition) is 3. The smallest absolute Gasteiger partial charge is 0.238 e. The van der Waals surface area contributed by atoms with E-state index in [0.717, 1.165) is 35.7 Å². The molecule has 110 valence electrons. The summed E-state index contributed by atoms with van der Waals surface area (Å²) in [6.07, 6.45) is 2.34. The van der Waals surface area contributed by atoms with Gasteiger partial charge in [0.15, 0.2) is 0 Å². The van der Waals surface area contributed by atoms with E-state index in [2.05, 4.69) is 31.5 Å². The van der Waals surface area contributed by atoms with Crippen LogP contribution in [-0.2, 0) is 4.79 Å². The van der Waals surface area contributed by atoms with E-state index in [1.165, 1.54) is 12.8 Å². The van der Waals surface area contributed by atoms with Crippen LogP contribution in [0.1, 0.15) is 12.8 Å². The molecule has 0 radical (unpaired) electrons. The van der Waals surface area contributed by atoms with Gasteiger partial charge in [0, 0.05) is 10.2 Å². The van der Waals surface area contributed by atoms with Crippen molar-refractivity contribution in [2.75, 3.05) is 38.5 Å². The standard InChI is InChI=1S/C15H22BrN3O/c1-17-10-12-5-7-19(8-6-12)11-15(20)18-14-4-2-3-13(16)9-14/h2-4,9,12,17H,5-8,10-11H2,1H3,(H,18,20). The number of piperidine rings is 1. The highest BCUT2D eigenvalue weighted by Gasteiger charge is 2.20. The maximum atomic E-state index is 12.0. The second kappa shape index (κ2) is 7.76. The van der Waals surface area contributed by atoms with Crippen LogP contribution in [0.15, 0.2) is 28.7 Å². The Morgan fingerprint density at radius 2 is 2.15 bits per heavy atom. The van der Waals surface area contributed by atoms with Gasteiger partial charge in [0.2, 0.25) is 5.91 Å². The lowest BCUT2D eigenvalue weighted by Crippen LogP contribution is -2.40. The quantitative estimate of drug-likeness (QED) is 0.865. The average molecular weight is 340 g/mol. The maximum Gasteiger partial charge on any atom is 0.238 e. The van der Waals surface area contributed by atoms with Gasteiger partial charge in [0.25, 0.3) is 0 Å². The molecule has 4 nitrogen and oxygen atoms in total. The van der Waals surface area contributed by atoms with Gasteiger partial charge in [-0.15, -0.1) is 0 Å². The van der Waals surface area contributed by atoms with Crippen LogP contribution in [0.2, 0.25) is 0 Å². The minimum atomic E-state index is 0.0650. The Morgan fingerprint density at radius 3 is 2.80 bits per heavy atom. The van der Waals surface area contributed by atoms with Crippen molar-refractivity contribution in [2.24, 2.45) is 5.92 Å². The summed E-state index contributed by atoms with van der Waals surface area (Å²) in [5.41, 5.74) is 0.842. The molecule has 1 amide bonds. The molecule has 1 fully saturated rings. The van der Waals surface area contributed by atoms with Crippen molar-refractivity contribution >= 4 is 27.5 Å². The van der Waals surface area contributed by atoms with Crippen molar-refractivity contribution in [1.29, 1.82) is 0 Å². The second-order valence-electron chi connectivity index (χ2n) is 5.34. The van der Waals surface area contributed by atoms with Crippen LogP contribution in [0.25, 0.3) is 0 Å². The van der Waals surface area contributed by atoms with Gasteiger partial charge in [-0.25, -0.2) is 0 Å². The lowest BCUT2D eigenvalue weighted by Gasteiger charge is -2.31. The molecule has 20 heavy (non-hydrogen) atoms. The Labute approximate surface area is 129 Å². The molecular formula is C15H22BrN3O. The fraction of sp³-hybridized carbons (Fsp3) is 0.533. The first-order chi connectivity index (χ1) is 9.67. The predicted molar refractivity (Wildman–Crippen MR) is 85.9 cm³/mol. The highest BCUT2D eigenvalue weighted by atomic mass is 79.9. The zero-order chi connectivity index (χ0) is 14.4. The van der Waals surface area contributed by atoms with Crippen molar-refractivity contribution in [3.8, 4) is 0 Å². The van der Waals surface area contributed by atoms with E-state index in [1.54, 1.807) is 0 Å². The average Bonchev–Trinajstić information content (AvgIpc) is 2.41. The number of halogens is 1. The van der Waals surface area contributed by atoms with Crippen LogP contribution < -0.4 is 10.6 Å². The number of anilines is 1. The molecule has 0 atom stereocenters. The molecule has 2 rings (SSSR count). The van der Waals surface area contributed by atoms with Crippen LogP contribution in [0.5, 0.6) is 0 Å². The fourth-order valence-electron chi connectivity index (χ4n) is 2.61. The Morgan fingerprint density at radius 1 is 1.40 bits per heavy atom. The number of benzene rings is 1. The summed E-state index contributed by atoms with van der Waals surface area (Å²) in [5.74, 6) is 0.819. The van der Waals surface area contributed by atoms with Gasteiger partial charge in [-0.05, 0) is 63.6 Å². The second-order valence-corrected chi connectivity index (χ2v) is 6.25. The van der Waals surface area contributed by atoms with Crippen molar-refractivity contribution in [1.82, 2.24) is 10.2 Å². The van der Waals surface area contributed by atoms with E-state index in [1.807, 2.05) is 31.3 Å². The van der Waals surface area contributed by atoms with E-state index >= 15 is 0 Å². The summed E-state index contributed by atoms with van der Waals surface area (Å²) in [4.78, 5) is 14.3. The van der Waals surface area contributed by atoms with Crippen molar-refractivity contribution in [3.63, 3.8) is 0 Å². The number of carbonyl (C=O) groups excluding carboxylic acids is 1. The van der Waals surface area contributed by atoms with Crippen LogP contribution in [0.4, 0.5) is 5.69 Å². The molecule has 2 N–H and O–H groups in total. The predicted octanol–water partition coefficient (Wildman–Crippen LogP) is 2.32. The Kier molecular flexibility index (Phi) is 6.01. The number of carbonyl (C=O) groups is 1. The van der Waals surface area contributed by atoms with Gasteiger partial charge in [-0.2, -0.15) is 0 Å². The van der Waals surface area contributed by atoms with E-state index in [0.29, 0.717) is 6.54 Å². The molecule has 1 aromatic rings. The van der Waals surface area contributed by atoms with Crippen molar-refractivity contribution in [2.45, 2.75) is 12.8 Å². The first kappa shape index (κ1) is 15.5. The summed E-state index contributed by atoms with van der Waals surface area (Å²) >= 11 is 3.40. The molecule has 1 saturated heterocycles. The van der Waals surface area contributed by atoms with E-state index in [4.69, 9.17) is 0 Å². The first-order valence-corrected chi connectivity index (χ1v) is 7.89. The number of nitrogens with one attached hydrogen (secondary N) is 2. The molecule has 1 aliphatic rings. The number of likely N-dealkylation sites (tertiary alicyclic amines) is 1. The van der Waals surface area contributed by atoms with Gasteiger partial charge in [0.05, 0.1) is 6.54 Å². The molecule has 0 bridgehead atoms. The molecule has 5 heteroatoms. The van der Waals surface area contributed by atoms with Crippen LogP contribution in [-0.4, -0.2) is 44.0 Å². The Bertz CT molecular complexity index is 444. The zero-order valence-corrected chi connectivity index (χ0v) is 13.4. The van der Waals surface area contributed by atoms with E-state index < -0.39 is 0 Å². The summed E-state index contributed by atoms with van der Waals surface area (Å²) in [5, 5.41) is 6.17. The molecule has 0 saturated carbocycles. The summed E-state index contributed by atoms with van der Waals surface area (Å²) in [6.45, 7) is 3.59. The third-order valence-corrected chi connectivity index (χ3v) is 4.17. The minimum absolute atomic E-state index is 0.0650.